The van der Waals surface area contributed by atoms with Crippen molar-refractivity contribution in [1.82, 2.24) is 0 Å². The third kappa shape index (κ3) is 5.75. The zero-order valence-corrected chi connectivity index (χ0v) is 12.8. The molecule has 0 heterocycles. The Kier molecular flexibility index (Phi) is 5.02. The molecule has 0 aliphatic heterocycles. The number of aryl methyl sites for hydroxylation is 1. The fourth-order valence-electron chi connectivity index (χ4n) is 1.68. The van der Waals surface area contributed by atoms with Gasteiger partial charge >= 0.3 is 0 Å². The third-order valence-electron chi connectivity index (χ3n) is 2.81. The van der Waals surface area contributed by atoms with Crippen molar-refractivity contribution in [3.05, 3.63) is 35.4 Å². The lowest BCUT2D eigenvalue weighted by Gasteiger charge is -2.10. The van der Waals surface area contributed by atoms with Crippen LogP contribution < -0.4 is 0 Å². The molecule has 0 spiro atoms. The maximum Gasteiger partial charge on any atom is 0.129 e. The molecule has 1 rings (SSSR count). The maximum atomic E-state index is 3.43. The lowest BCUT2D eigenvalue weighted by molar-refractivity contribution is 0.698. The van der Waals surface area contributed by atoms with Crippen molar-refractivity contribution in [2.75, 3.05) is 0 Å². The first-order valence-electron chi connectivity index (χ1n) is 6.45. The molecule has 0 nitrogen and oxygen atoms in total. The summed E-state index contributed by atoms with van der Waals surface area (Å²) in [6.45, 7) is 11.3. The molecular formula is C16H24Si. The molecule has 0 saturated heterocycles. The fourth-order valence-corrected chi connectivity index (χ4v) is 2.33. The van der Waals surface area contributed by atoms with Gasteiger partial charge in [0, 0.05) is 6.42 Å². The number of benzene rings is 1. The average molecular weight is 244 g/mol. The van der Waals surface area contributed by atoms with Gasteiger partial charge in [-0.3, -0.25) is 0 Å². The first-order chi connectivity index (χ1) is 7.88. The van der Waals surface area contributed by atoms with Crippen molar-refractivity contribution in [2.45, 2.75) is 52.2 Å². The molecule has 0 fully saturated rings. The monoisotopic (exact) mass is 244 g/mol. The Balaban J connectivity index is 2.47. The largest absolute Gasteiger partial charge is 0.132 e. The van der Waals surface area contributed by atoms with Crippen LogP contribution in [0.2, 0.25) is 19.6 Å². The minimum absolute atomic E-state index is 0.617. The smallest absolute Gasteiger partial charge is 0.129 e. The first-order valence-corrected chi connectivity index (χ1v) is 9.95. The van der Waals surface area contributed by atoms with Crippen LogP contribution in [0.25, 0.3) is 0 Å². The van der Waals surface area contributed by atoms with E-state index in [1.54, 1.807) is 0 Å². The highest BCUT2D eigenvalue weighted by Crippen LogP contribution is 2.20. The van der Waals surface area contributed by atoms with E-state index in [4.69, 9.17) is 0 Å². The second-order valence-electron chi connectivity index (χ2n) is 5.90. The van der Waals surface area contributed by atoms with E-state index < -0.39 is 8.07 Å². The number of hydrogen-bond donors (Lipinski definition) is 0. The zero-order valence-electron chi connectivity index (χ0n) is 11.8. The predicted octanol–water partition coefficient (Wildman–Crippen LogP) is 4.76. The van der Waals surface area contributed by atoms with Gasteiger partial charge in [-0.2, -0.15) is 0 Å². The summed E-state index contributed by atoms with van der Waals surface area (Å²) in [4.78, 5) is 0. The van der Waals surface area contributed by atoms with E-state index >= 15 is 0 Å². The number of rotatable bonds is 3. The van der Waals surface area contributed by atoms with E-state index in [1.807, 2.05) is 0 Å². The van der Waals surface area contributed by atoms with Gasteiger partial charge < -0.3 is 0 Å². The summed E-state index contributed by atoms with van der Waals surface area (Å²) in [7, 11) is -1.18. The fraction of sp³-hybridized carbons (Fsp3) is 0.500. The van der Waals surface area contributed by atoms with Gasteiger partial charge in [-0.1, -0.05) is 56.4 Å². The standard InChI is InChI=1S/C16H24Si/c1-14-9-11-16(12-10-14)15(2)8-6-7-13-17(3,4)5/h9-12,15H,6,8H2,1-5H3/t15-/m1/s1. The quantitative estimate of drug-likeness (QED) is 0.531. The summed E-state index contributed by atoms with van der Waals surface area (Å²) in [6.07, 6.45) is 2.19. The molecule has 0 bridgehead atoms. The molecule has 0 unspecified atom stereocenters. The third-order valence-corrected chi connectivity index (χ3v) is 3.74. The highest BCUT2D eigenvalue weighted by atomic mass is 28.3. The van der Waals surface area contributed by atoms with Crippen LogP contribution in [0, 0.1) is 18.4 Å². The molecule has 0 aliphatic rings. The summed E-state index contributed by atoms with van der Waals surface area (Å²) < 4.78 is 0. The van der Waals surface area contributed by atoms with Gasteiger partial charge in [-0.15, -0.1) is 11.5 Å². The Labute approximate surface area is 107 Å². The molecule has 0 N–H and O–H groups in total. The summed E-state index contributed by atoms with van der Waals surface area (Å²) >= 11 is 0. The van der Waals surface area contributed by atoms with Crippen LogP contribution in [0.15, 0.2) is 24.3 Å². The number of hydrogen-bond acceptors (Lipinski definition) is 0. The van der Waals surface area contributed by atoms with Crippen LogP contribution in [0.1, 0.15) is 36.8 Å². The topological polar surface area (TPSA) is 0 Å². The highest BCUT2D eigenvalue weighted by Gasteiger charge is 2.07. The van der Waals surface area contributed by atoms with Crippen LogP contribution in [0.5, 0.6) is 0 Å². The SMILES string of the molecule is Cc1ccc([C@H](C)CCC#C[Si](C)(C)C)cc1. The Bertz CT molecular complexity index is 398. The van der Waals surface area contributed by atoms with Gasteiger partial charge in [0.2, 0.25) is 0 Å². The summed E-state index contributed by atoms with van der Waals surface area (Å²) in [5.41, 5.74) is 6.20. The van der Waals surface area contributed by atoms with Crippen molar-refractivity contribution >= 4 is 8.07 Å². The van der Waals surface area contributed by atoms with Gasteiger partial charge in [-0.05, 0) is 24.8 Å². The maximum absolute atomic E-state index is 3.43. The Morgan fingerprint density at radius 2 is 1.71 bits per heavy atom. The van der Waals surface area contributed by atoms with E-state index in [0.29, 0.717) is 5.92 Å². The minimum atomic E-state index is -1.18. The molecule has 0 amide bonds. The van der Waals surface area contributed by atoms with Crippen molar-refractivity contribution in [3.63, 3.8) is 0 Å². The van der Waals surface area contributed by atoms with Crippen molar-refractivity contribution in [3.8, 4) is 11.5 Å². The van der Waals surface area contributed by atoms with Gasteiger partial charge in [0.05, 0.1) is 0 Å². The highest BCUT2D eigenvalue weighted by molar-refractivity contribution is 6.83. The summed E-state index contributed by atoms with van der Waals surface area (Å²) in [6, 6.07) is 8.87. The molecule has 0 aliphatic carbocycles. The van der Waals surface area contributed by atoms with Crippen LogP contribution >= 0.6 is 0 Å². The van der Waals surface area contributed by atoms with Gasteiger partial charge in [-0.25, -0.2) is 0 Å². The summed E-state index contributed by atoms with van der Waals surface area (Å²) in [5.74, 6) is 3.97. The van der Waals surface area contributed by atoms with Crippen LogP contribution in [0.3, 0.4) is 0 Å². The molecular weight excluding hydrogens is 220 g/mol. The van der Waals surface area contributed by atoms with E-state index in [0.717, 1.165) is 6.42 Å². The molecule has 17 heavy (non-hydrogen) atoms. The van der Waals surface area contributed by atoms with Crippen molar-refractivity contribution in [2.24, 2.45) is 0 Å². The molecule has 1 atom stereocenters. The Hall–Kier alpha value is -1.00. The van der Waals surface area contributed by atoms with Gasteiger partial charge in [0.1, 0.15) is 8.07 Å². The minimum Gasteiger partial charge on any atom is -0.132 e. The molecule has 1 aromatic rings. The van der Waals surface area contributed by atoms with Crippen molar-refractivity contribution < 1.29 is 0 Å². The Morgan fingerprint density at radius 3 is 2.24 bits per heavy atom. The van der Waals surface area contributed by atoms with E-state index in [2.05, 4.69) is 69.2 Å². The lowest BCUT2D eigenvalue weighted by atomic mass is 9.96. The lowest BCUT2D eigenvalue weighted by Crippen LogP contribution is -2.16. The van der Waals surface area contributed by atoms with Crippen LogP contribution in [0.4, 0.5) is 0 Å². The molecule has 0 saturated carbocycles. The zero-order chi connectivity index (χ0) is 12.9. The van der Waals surface area contributed by atoms with E-state index in [9.17, 15) is 0 Å². The second-order valence-corrected chi connectivity index (χ2v) is 10.7. The molecule has 1 heteroatoms. The molecule has 0 radical (unpaired) electrons. The van der Waals surface area contributed by atoms with E-state index in [-0.39, 0.29) is 0 Å². The van der Waals surface area contributed by atoms with Crippen LogP contribution in [-0.2, 0) is 0 Å². The molecule has 1 aromatic carbocycles. The first kappa shape index (κ1) is 14.1. The Morgan fingerprint density at radius 1 is 1.12 bits per heavy atom. The predicted molar refractivity (Wildman–Crippen MR) is 80.0 cm³/mol. The second kappa shape index (κ2) is 6.07. The average Bonchev–Trinajstić information content (AvgIpc) is 2.24. The normalized spacial score (nSPS) is 12.8. The van der Waals surface area contributed by atoms with E-state index in [1.165, 1.54) is 17.5 Å². The molecule has 92 valence electrons. The van der Waals surface area contributed by atoms with Crippen molar-refractivity contribution in [1.29, 1.82) is 0 Å². The van der Waals surface area contributed by atoms with Crippen LogP contribution in [-0.4, -0.2) is 8.07 Å². The van der Waals surface area contributed by atoms with Gasteiger partial charge in [0.25, 0.3) is 0 Å². The van der Waals surface area contributed by atoms with Gasteiger partial charge in [0.15, 0.2) is 0 Å². The molecule has 0 aromatic heterocycles. The summed E-state index contributed by atoms with van der Waals surface area (Å²) in [5, 5.41) is 0.